The van der Waals surface area contributed by atoms with E-state index in [9.17, 15) is 4.79 Å². The summed E-state index contributed by atoms with van der Waals surface area (Å²) in [5.41, 5.74) is 0.608. The highest BCUT2D eigenvalue weighted by molar-refractivity contribution is 6.29. The van der Waals surface area contributed by atoms with Crippen LogP contribution in [0, 0.1) is 6.92 Å². The molecule has 1 amide bonds. The first-order valence-corrected chi connectivity index (χ1v) is 7.39. The molecule has 0 N–H and O–H groups in total. The number of carbonyl (C=O) groups is 1. The maximum atomic E-state index is 11.9. The van der Waals surface area contributed by atoms with E-state index in [2.05, 4.69) is 9.88 Å². The molecule has 1 aliphatic heterocycles. The van der Waals surface area contributed by atoms with Crippen molar-refractivity contribution < 1.29 is 9.53 Å². The number of aryl methyl sites for hydroxylation is 1. The second kappa shape index (κ2) is 5.72. The second-order valence-corrected chi connectivity index (χ2v) is 6.81. The quantitative estimate of drug-likeness (QED) is 0.787. The van der Waals surface area contributed by atoms with E-state index in [0.29, 0.717) is 18.2 Å². The van der Waals surface area contributed by atoms with Gasteiger partial charge in [0.25, 0.3) is 0 Å². The number of ether oxygens (including phenoxy) is 1. The Labute approximate surface area is 130 Å². The normalized spacial score (nSPS) is 15.6. The summed E-state index contributed by atoms with van der Waals surface area (Å²) in [6, 6.07) is 3.97. The molecular formula is C15H22ClN3O2. The van der Waals surface area contributed by atoms with Gasteiger partial charge in [0, 0.05) is 20.1 Å². The third-order valence-corrected chi connectivity index (χ3v) is 3.64. The van der Waals surface area contributed by atoms with Gasteiger partial charge in [-0.1, -0.05) is 17.7 Å². The molecule has 6 heteroatoms. The minimum absolute atomic E-state index is 0.238. The number of nitrogens with zero attached hydrogens (tertiary/aromatic N) is 3. The minimum Gasteiger partial charge on any atom is -0.444 e. The van der Waals surface area contributed by atoms with E-state index in [-0.39, 0.29) is 12.1 Å². The van der Waals surface area contributed by atoms with Crippen LogP contribution in [0.1, 0.15) is 26.3 Å². The molecule has 1 aromatic rings. The zero-order valence-electron chi connectivity index (χ0n) is 13.2. The molecule has 0 spiro atoms. The molecule has 2 heterocycles. The van der Waals surface area contributed by atoms with Crippen molar-refractivity contribution in [3.05, 3.63) is 22.8 Å². The molecule has 0 aliphatic carbocycles. The zero-order valence-corrected chi connectivity index (χ0v) is 13.9. The monoisotopic (exact) mass is 311 g/mol. The number of aromatic nitrogens is 1. The summed E-state index contributed by atoms with van der Waals surface area (Å²) in [6.45, 7) is 8.88. The number of pyridine rings is 1. The van der Waals surface area contributed by atoms with Crippen LogP contribution in [-0.4, -0.2) is 47.8 Å². The van der Waals surface area contributed by atoms with Gasteiger partial charge in [-0.25, -0.2) is 9.78 Å². The fourth-order valence-electron chi connectivity index (χ4n) is 2.20. The van der Waals surface area contributed by atoms with Crippen LogP contribution in [0.25, 0.3) is 0 Å². The van der Waals surface area contributed by atoms with Crippen LogP contribution in [-0.2, 0) is 4.74 Å². The number of hydrogen-bond acceptors (Lipinski definition) is 4. The van der Waals surface area contributed by atoms with Crippen LogP contribution in [0.5, 0.6) is 0 Å². The molecule has 5 nitrogen and oxygen atoms in total. The van der Waals surface area contributed by atoms with Gasteiger partial charge in [-0.05, 0) is 39.3 Å². The number of halogens is 1. The van der Waals surface area contributed by atoms with Gasteiger partial charge >= 0.3 is 6.09 Å². The molecule has 0 aromatic carbocycles. The predicted octanol–water partition coefficient (Wildman–Crippen LogP) is 3.10. The van der Waals surface area contributed by atoms with Gasteiger partial charge in [-0.2, -0.15) is 0 Å². The molecule has 0 unspecified atom stereocenters. The summed E-state index contributed by atoms with van der Waals surface area (Å²) in [5, 5.41) is 0.478. The minimum atomic E-state index is -0.459. The van der Waals surface area contributed by atoms with Crippen LogP contribution in [0.15, 0.2) is 12.1 Å². The van der Waals surface area contributed by atoms with E-state index < -0.39 is 5.60 Å². The van der Waals surface area contributed by atoms with Gasteiger partial charge in [-0.15, -0.1) is 0 Å². The Hall–Kier alpha value is -1.49. The summed E-state index contributed by atoms with van der Waals surface area (Å²) in [4.78, 5) is 20.0. The number of hydrogen-bond donors (Lipinski definition) is 0. The highest BCUT2D eigenvalue weighted by Crippen LogP contribution is 2.25. The topological polar surface area (TPSA) is 45.7 Å². The molecule has 116 valence electrons. The largest absolute Gasteiger partial charge is 0.444 e. The zero-order chi connectivity index (χ0) is 15.8. The van der Waals surface area contributed by atoms with Crippen molar-refractivity contribution in [2.75, 3.05) is 25.0 Å². The van der Waals surface area contributed by atoms with Gasteiger partial charge in [-0.3, -0.25) is 0 Å². The van der Waals surface area contributed by atoms with Gasteiger partial charge in [0.15, 0.2) is 0 Å². The van der Waals surface area contributed by atoms with Crippen LogP contribution >= 0.6 is 11.6 Å². The van der Waals surface area contributed by atoms with Crippen molar-refractivity contribution in [3.63, 3.8) is 0 Å². The van der Waals surface area contributed by atoms with Crippen molar-refractivity contribution in [3.8, 4) is 0 Å². The Morgan fingerprint density at radius 2 is 2.05 bits per heavy atom. The van der Waals surface area contributed by atoms with Crippen LogP contribution in [0.4, 0.5) is 10.6 Å². The van der Waals surface area contributed by atoms with E-state index in [1.165, 1.54) is 0 Å². The lowest BCUT2D eigenvalue weighted by Crippen LogP contribution is -2.61. The average Bonchev–Trinajstić information content (AvgIpc) is 2.27. The lowest BCUT2D eigenvalue weighted by atomic mass is 10.1. The molecule has 1 fully saturated rings. The molecule has 1 aliphatic rings. The van der Waals surface area contributed by atoms with Gasteiger partial charge in [0.05, 0.1) is 6.04 Å². The highest BCUT2D eigenvalue weighted by atomic mass is 35.5. The van der Waals surface area contributed by atoms with Gasteiger partial charge in [0.2, 0.25) is 0 Å². The second-order valence-electron chi connectivity index (χ2n) is 6.42. The third kappa shape index (κ3) is 3.79. The maximum Gasteiger partial charge on any atom is 0.410 e. The van der Waals surface area contributed by atoms with Crippen molar-refractivity contribution in [2.45, 2.75) is 39.3 Å². The Bertz CT molecular complexity index is 536. The average molecular weight is 312 g/mol. The standard InChI is InChI=1S/C15H22ClN3O2/c1-10-6-7-12(16)17-13(10)18(5)11-8-19(9-11)14(20)21-15(2,3)4/h6-7,11H,8-9H2,1-5H3. The highest BCUT2D eigenvalue weighted by Gasteiger charge is 2.36. The fourth-order valence-corrected chi connectivity index (χ4v) is 2.34. The summed E-state index contributed by atoms with van der Waals surface area (Å²) in [5.74, 6) is 0.858. The molecular weight excluding hydrogens is 290 g/mol. The summed E-state index contributed by atoms with van der Waals surface area (Å²) in [6.07, 6.45) is -0.261. The summed E-state index contributed by atoms with van der Waals surface area (Å²) < 4.78 is 5.35. The van der Waals surface area contributed by atoms with Gasteiger partial charge in [0.1, 0.15) is 16.6 Å². The first kappa shape index (κ1) is 15.9. The number of carbonyl (C=O) groups excluding carboxylic acids is 1. The molecule has 2 rings (SSSR count). The Morgan fingerprint density at radius 1 is 1.43 bits per heavy atom. The Balaban J connectivity index is 1.95. The Morgan fingerprint density at radius 3 is 2.62 bits per heavy atom. The fraction of sp³-hybridized carbons (Fsp3) is 0.600. The lowest BCUT2D eigenvalue weighted by molar-refractivity contribution is 0.00846. The molecule has 21 heavy (non-hydrogen) atoms. The number of anilines is 1. The molecule has 1 aromatic heterocycles. The number of amides is 1. The number of likely N-dealkylation sites (N-methyl/N-ethyl adjacent to an activating group) is 1. The van der Waals surface area contributed by atoms with Crippen LogP contribution < -0.4 is 4.90 Å². The van der Waals surface area contributed by atoms with Crippen LogP contribution in [0.3, 0.4) is 0 Å². The first-order chi connectivity index (χ1) is 9.67. The predicted molar refractivity (Wildman–Crippen MR) is 84.0 cm³/mol. The van der Waals surface area contributed by atoms with E-state index in [1.807, 2.05) is 40.8 Å². The molecule has 0 radical (unpaired) electrons. The van der Waals surface area contributed by atoms with E-state index in [1.54, 1.807) is 11.0 Å². The lowest BCUT2D eigenvalue weighted by Gasteiger charge is -2.44. The van der Waals surface area contributed by atoms with E-state index in [0.717, 1.165) is 11.4 Å². The SMILES string of the molecule is Cc1ccc(Cl)nc1N(C)C1CN(C(=O)OC(C)(C)C)C1. The molecule has 0 saturated carbocycles. The van der Waals surface area contributed by atoms with E-state index in [4.69, 9.17) is 16.3 Å². The van der Waals surface area contributed by atoms with Crippen molar-refractivity contribution in [2.24, 2.45) is 0 Å². The molecule has 0 atom stereocenters. The van der Waals surface area contributed by atoms with Crippen molar-refractivity contribution in [1.29, 1.82) is 0 Å². The summed E-state index contributed by atoms with van der Waals surface area (Å²) in [7, 11) is 1.97. The molecule has 0 bridgehead atoms. The first-order valence-electron chi connectivity index (χ1n) is 7.01. The number of likely N-dealkylation sites (tertiary alicyclic amines) is 1. The smallest absolute Gasteiger partial charge is 0.410 e. The summed E-state index contributed by atoms with van der Waals surface area (Å²) >= 11 is 5.96. The molecule has 1 saturated heterocycles. The van der Waals surface area contributed by atoms with Crippen molar-refractivity contribution >= 4 is 23.5 Å². The van der Waals surface area contributed by atoms with Crippen molar-refractivity contribution in [1.82, 2.24) is 9.88 Å². The van der Waals surface area contributed by atoms with E-state index >= 15 is 0 Å². The van der Waals surface area contributed by atoms with Crippen LogP contribution in [0.2, 0.25) is 5.15 Å². The third-order valence-electron chi connectivity index (χ3n) is 3.43. The van der Waals surface area contributed by atoms with Gasteiger partial charge < -0.3 is 14.5 Å². The number of rotatable bonds is 2. The maximum absolute atomic E-state index is 11.9. The Kier molecular flexibility index (Phi) is 4.33.